The Labute approximate surface area is 197 Å². The Morgan fingerprint density at radius 3 is 2.59 bits per heavy atom. The van der Waals surface area contributed by atoms with Gasteiger partial charge in [0.15, 0.2) is 0 Å². The van der Waals surface area contributed by atoms with Crippen LogP contribution in [0.15, 0.2) is 54.1 Å². The molecule has 1 aromatic heterocycles. The van der Waals surface area contributed by atoms with Crippen LogP contribution < -0.4 is 14.8 Å². The third kappa shape index (κ3) is 5.07. The highest BCUT2D eigenvalue weighted by molar-refractivity contribution is 6.01. The second-order valence-electron chi connectivity index (χ2n) is 7.47. The minimum absolute atomic E-state index is 0.0202. The van der Waals surface area contributed by atoms with Crippen molar-refractivity contribution in [1.29, 1.82) is 5.26 Å². The van der Waals surface area contributed by atoms with Crippen LogP contribution in [0, 0.1) is 35.3 Å². The number of hydrogen-bond donors (Lipinski definition) is 1. The summed E-state index contributed by atoms with van der Waals surface area (Å²) in [5, 5.41) is 23.5. The quantitative estimate of drug-likeness (QED) is 0.232. The molecule has 34 heavy (non-hydrogen) atoms. The van der Waals surface area contributed by atoms with Gasteiger partial charge in [-0.2, -0.15) is 5.26 Å². The lowest BCUT2D eigenvalue weighted by Gasteiger charge is -2.11. The Hall–Kier alpha value is -4.58. The molecule has 0 spiro atoms. The number of ether oxygens (including phenoxy) is 2. The average molecular weight is 460 g/mol. The molecule has 0 aliphatic carbocycles. The molecular formula is C25H24N4O5. The summed E-state index contributed by atoms with van der Waals surface area (Å²) in [7, 11) is 3.08. The number of aryl methyl sites for hydroxylation is 1. The molecule has 1 N–H and O–H groups in total. The fourth-order valence-corrected chi connectivity index (χ4v) is 3.65. The Kier molecular flexibility index (Phi) is 7.33. The zero-order chi connectivity index (χ0) is 24.8. The maximum Gasteiger partial charge on any atom is 0.271 e. The number of carbonyl (C=O) groups excluding carboxylic acids is 1. The third-order valence-corrected chi connectivity index (χ3v) is 5.37. The average Bonchev–Trinajstić information content (AvgIpc) is 3.13. The highest BCUT2D eigenvalue weighted by Crippen LogP contribution is 2.26. The fourth-order valence-electron chi connectivity index (χ4n) is 3.65. The molecule has 1 amide bonds. The molecular weight excluding hydrogens is 436 g/mol. The van der Waals surface area contributed by atoms with E-state index in [2.05, 4.69) is 5.32 Å². The minimum atomic E-state index is -0.527. The topological polar surface area (TPSA) is 119 Å². The highest BCUT2D eigenvalue weighted by atomic mass is 16.6. The number of nitrogens with zero attached hydrogens (tertiary/aromatic N) is 3. The first-order chi connectivity index (χ1) is 16.3. The van der Waals surface area contributed by atoms with E-state index in [1.165, 1.54) is 25.3 Å². The highest BCUT2D eigenvalue weighted by Gasteiger charge is 2.16. The number of rotatable bonds is 8. The Morgan fingerprint density at radius 2 is 1.94 bits per heavy atom. The molecule has 9 nitrogen and oxygen atoms in total. The third-order valence-electron chi connectivity index (χ3n) is 5.37. The number of nitriles is 1. The number of carbonyl (C=O) groups is 1. The van der Waals surface area contributed by atoms with Crippen molar-refractivity contribution in [1.82, 2.24) is 9.88 Å². The van der Waals surface area contributed by atoms with Gasteiger partial charge in [0.25, 0.3) is 11.6 Å². The van der Waals surface area contributed by atoms with E-state index in [-0.39, 0.29) is 17.8 Å². The number of nitrogens with one attached hydrogen (secondary N) is 1. The largest absolute Gasteiger partial charge is 0.497 e. The molecule has 0 saturated heterocycles. The minimum Gasteiger partial charge on any atom is -0.497 e. The number of benzene rings is 2. The maximum atomic E-state index is 12.7. The van der Waals surface area contributed by atoms with E-state index in [0.29, 0.717) is 22.7 Å². The molecule has 9 heteroatoms. The standard InChI is InChI=1S/C25H24N4O5/c1-16-10-19(17(2)28(16)21-6-5-7-22(12-21)29(31)32)11-20(14-26)25(30)27-15-18-8-9-23(33-3)13-24(18)34-4/h5-13H,15H2,1-4H3,(H,27,30)/b20-11+. The van der Waals surface area contributed by atoms with Gasteiger partial charge in [-0.15, -0.1) is 0 Å². The van der Waals surface area contributed by atoms with Gasteiger partial charge in [0, 0.05) is 41.7 Å². The van der Waals surface area contributed by atoms with E-state index >= 15 is 0 Å². The predicted octanol–water partition coefficient (Wildman–Crippen LogP) is 4.24. The summed E-state index contributed by atoms with van der Waals surface area (Å²) in [4.78, 5) is 23.4. The lowest BCUT2D eigenvalue weighted by Crippen LogP contribution is -2.24. The van der Waals surface area contributed by atoms with Gasteiger partial charge in [-0.25, -0.2) is 0 Å². The first kappa shape index (κ1) is 24.1. The van der Waals surface area contributed by atoms with Crippen molar-refractivity contribution in [2.24, 2.45) is 0 Å². The van der Waals surface area contributed by atoms with Crippen molar-refractivity contribution in [3.05, 3.63) is 86.7 Å². The lowest BCUT2D eigenvalue weighted by atomic mass is 10.1. The number of methoxy groups -OCH3 is 2. The summed E-state index contributed by atoms with van der Waals surface area (Å²) in [5.41, 5.74) is 3.49. The summed E-state index contributed by atoms with van der Waals surface area (Å²) in [6.07, 6.45) is 1.51. The molecule has 0 saturated carbocycles. The van der Waals surface area contributed by atoms with Gasteiger partial charge < -0.3 is 19.4 Å². The number of non-ortho nitro benzene ring substituents is 1. The van der Waals surface area contributed by atoms with Crippen molar-refractivity contribution < 1.29 is 19.2 Å². The van der Waals surface area contributed by atoms with Gasteiger partial charge in [-0.05, 0) is 49.8 Å². The van der Waals surface area contributed by atoms with Crippen LogP contribution in [0.25, 0.3) is 11.8 Å². The van der Waals surface area contributed by atoms with Crippen LogP contribution in [0.1, 0.15) is 22.5 Å². The van der Waals surface area contributed by atoms with E-state index in [1.54, 1.807) is 37.4 Å². The van der Waals surface area contributed by atoms with Gasteiger partial charge in [-0.3, -0.25) is 14.9 Å². The van der Waals surface area contributed by atoms with Gasteiger partial charge in [-0.1, -0.05) is 6.07 Å². The monoisotopic (exact) mass is 460 g/mol. The van der Waals surface area contributed by atoms with Gasteiger partial charge in [0.1, 0.15) is 23.1 Å². The van der Waals surface area contributed by atoms with E-state index in [1.807, 2.05) is 30.6 Å². The van der Waals surface area contributed by atoms with Crippen molar-refractivity contribution in [2.45, 2.75) is 20.4 Å². The number of aromatic nitrogens is 1. The van der Waals surface area contributed by atoms with Crippen molar-refractivity contribution in [3.8, 4) is 23.3 Å². The molecule has 174 valence electrons. The normalized spacial score (nSPS) is 11.0. The van der Waals surface area contributed by atoms with Gasteiger partial charge in [0.05, 0.1) is 24.8 Å². The zero-order valence-corrected chi connectivity index (χ0v) is 19.3. The van der Waals surface area contributed by atoms with E-state index in [0.717, 1.165) is 17.0 Å². The van der Waals surface area contributed by atoms with Crippen LogP contribution >= 0.6 is 0 Å². The predicted molar refractivity (Wildman–Crippen MR) is 127 cm³/mol. The first-order valence-corrected chi connectivity index (χ1v) is 10.3. The molecule has 3 aromatic rings. The van der Waals surface area contributed by atoms with Crippen LogP contribution in [0.5, 0.6) is 11.5 Å². The lowest BCUT2D eigenvalue weighted by molar-refractivity contribution is -0.384. The number of hydrogen-bond acceptors (Lipinski definition) is 6. The molecule has 0 radical (unpaired) electrons. The zero-order valence-electron chi connectivity index (χ0n) is 19.3. The molecule has 0 atom stereocenters. The van der Waals surface area contributed by atoms with Crippen LogP contribution in [-0.4, -0.2) is 29.6 Å². The summed E-state index contributed by atoms with van der Waals surface area (Å²) >= 11 is 0. The van der Waals surface area contributed by atoms with Crippen LogP contribution in [0.2, 0.25) is 0 Å². The molecule has 0 unspecified atom stereocenters. The Bertz CT molecular complexity index is 1320. The number of nitro benzene ring substituents is 1. The molecule has 0 aliphatic rings. The fraction of sp³-hybridized carbons (Fsp3) is 0.200. The molecule has 0 fully saturated rings. The first-order valence-electron chi connectivity index (χ1n) is 10.3. The summed E-state index contributed by atoms with van der Waals surface area (Å²) in [6.45, 7) is 3.84. The van der Waals surface area contributed by atoms with Crippen molar-refractivity contribution in [3.63, 3.8) is 0 Å². The molecule has 0 aliphatic heterocycles. The van der Waals surface area contributed by atoms with Gasteiger partial charge in [0.2, 0.25) is 0 Å². The van der Waals surface area contributed by atoms with Crippen molar-refractivity contribution >= 4 is 17.7 Å². The summed E-state index contributed by atoms with van der Waals surface area (Å²) in [6, 6.07) is 15.3. The molecule has 0 bridgehead atoms. The Balaban J connectivity index is 1.85. The molecule has 2 aromatic carbocycles. The van der Waals surface area contributed by atoms with E-state index < -0.39 is 10.8 Å². The molecule has 3 rings (SSSR count). The van der Waals surface area contributed by atoms with Gasteiger partial charge >= 0.3 is 0 Å². The smallest absolute Gasteiger partial charge is 0.271 e. The summed E-state index contributed by atoms with van der Waals surface area (Å²) in [5.74, 6) is 0.659. The SMILES string of the molecule is COc1ccc(CNC(=O)/C(C#N)=C/c2cc(C)n(-c3cccc([N+](=O)[O-])c3)c2C)c(OC)c1. The number of amides is 1. The second kappa shape index (κ2) is 10.4. The van der Waals surface area contributed by atoms with Crippen LogP contribution in [0.3, 0.4) is 0 Å². The van der Waals surface area contributed by atoms with E-state index in [9.17, 15) is 20.2 Å². The van der Waals surface area contributed by atoms with E-state index in [4.69, 9.17) is 9.47 Å². The second-order valence-corrected chi connectivity index (χ2v) is 7.47. The van der Waals surface area contributed by atoms with Crippen molar-refractivity contribution in [2.75, 3.05) is 14.2 Å². The van der Waals surface area contributed by atoms with Crippen LogP contribution in [0.4, 0.5) is 5.69 Å². The summed E-state index contributed by atoms with van der Waals surface area (Å²) < 4.78 is 12.4. The molecule has 1 heterocycles. The maximum absolute atomic E-state index is 12.7. The van der Waals surface area contributed by atoms with Crippen LogP contribution in [-0.2, 0) is 11.3 Å². The Morgan fingerprint density at radius 1 is 1.18 bits per heavy atom. The number of nitro groups is 1.